The Hall–Kier alpha value is -0.980. The molecule has 0 fully saturated rings. The summed E-state index contributed by atoms with van der Waals surface area (Å²) in [6.45, 7) is 14.1. The maximum atomic E-state index is 5.85. The maximum absolute atomic E-state index is 5.85. The van der Waals surface area contributed by atoms with Crippen LogP contribution in [0.5, 0.6) is 5.75 Å². The van der Waals surface area contributed by atoms with Crippen LogP contribution in [0.3, 0.4) is 0 Å². The Balaban J connectivity index is 2.95. The van der Waals surface area contributed by atoms with Gasteiger partial charge in [0.25, 0.3) is 0 Å². The molecule has 0 saturated heterocycles. The molecule has 17 heavy (non-hydrogen) atoms. The van der Waals surface area contributed by atoms with E-state index >= 15 is 0 Å². The van der Waals surface area contributed by atoms with Gasteiger partial charge < -0.3 is 4.74 Å². The lowest BCUT2D eigenvalue weighted by Crippen LogP contribution is -2.05. The number of hydrogen-bond acceptors (Lipinski definition) is 1. The molecule has 0 radical (unpaired) electrons. The molecule has 0 spiro atoms. The van der Waals surface area contributed by atoms with E-state index in [0.29, 0.717) is 17.8 Å². The van der Waals surface area contributed by atoms with Crippen molar-refractivity contribution in [1.29, 1.82) is 0 Å². The molecule has 1 nitrogen and oxygen atoms in total. The van der Waals surface area contributed by atoms with Crippen LogP contribution in [-0.2, 0) is 0 Å². The monoisotopic (exact) mass is 234 g/mol. The molecule has 0 amide bonds. The average molecular weight is 234 g/mol. The van der Waals surface area contributed by atoms with Crippen molar-refractivity contribution in [3.05, 3.63) is 29.3 Å². The van der Waals surface area contributed by atoms with Crippen LogP contribution in [0.4, 0.5) is 0 Å². The molecule has 0 aromatic heterocycles. The molecule has 0 heterocycles. The SMILES string of the molecule is CC(C)COc1cc(C(C)C)cc(C(C)C)c1. The van der Waals surface area contributed by atoms with Gasteiger partial charge in [-0.25, -0.2) is 0 Å². The fourth-order valence-electron chi connectivity index (χ4n) is 1.66. The zero-order valence-electron chi connectivity index (χ0n) is 12.1. The molecule has 0 aliphatic carbocycles. The Kier molecular flexibility index (Phi) is 5.04. The van der Waals surface area contributed by atoms with Gasteiger partial charge in [0.15, 0.2) is 0 Å². The van der Waals surface area contributed by atoms with E-state index in [1.165, 1.54) is 11.1 Å². The van der Waals surface area contributed by atoms with E-state index in [2.05, 4.69) is 59.7 Å². The van der Waals surface area contributed by atoms with Crippen LogP contribution in [0.1, 0.15) is 64.5 Å². The highest BCUT2D eigenvalue weighted by atomic mass is 16.5. The minimum absolute atomic E-state index is 0.551. The van der Waals surface area contributed by atoms with Crippen LogP contribution >= 0.6 is 0 Å². The fraction of sp³-hybridized carbons (Fsp3) is 0.625. The van der Waals surface area contributed by atoms with Crippen LogP contribution in [0.2, 0.25) is 0 Å². The summed E-state index contributed by atoms with van der Waals surface area (Å²) in [5, 5.41) is 0. The van der Waals surface area contributed by atoms with Crippen LogP contribution in [-0.4, -0.2) is 6.61 Å². The molecule has 1 aromatic rings. The number of benzene rings is 1. The average Bonchev–Trinajstić information content (AvgIpc) is 2.25. The van der Waals surface area contributed by atoms with Crippen LogP contribution in [0, 0.1) is 5.92 Å². The van der Waals surface area contributed by atoms with E-state index in [4.69, 9.17) is 4.74 Å². The normalized spacial score (nSPS) is 11.6. The van der Waals surface area contributed by atoms with Gasteiger partial charge in [0.2, 0.25) is 0 Å². The van der Waals surface area contributed by atoms with Crippen molar-refractivity contribution in [1.82, 2.24) is 0 Å². The van der Waals surface area contributed by atoms with Gasteiger partial charge in [-0.1, -0.05) is 47.6 Å². The lowest BCUT2D eigenvalue weighted by Gasteiger charge is -2.16. The zero-order valence-corrected chi connectivity index (χ0v) is 12.1. The number of hydrogen-bond donors (Lipinski definition) is 0. The first-order valence-corrected chi connectivity index (χ1v) is 6.67. The third-order valence-electron chi connectivity index (χ3n) is 2.87. The van der Waals surface area contributed by atoms with E-state index < -0.39 is 0 Å². The molecule has 1 rings (SSSR count). The van der Waals surface area contributed by atoms with Gasteiger partial charge in [-0.15, -0.1) is 0 Å². The minimum atomic E-state index is 0.551. The summed E-state index contributed by atoms with van der Waals surface area (Å²) in [5.41, 5.74) is 2.74. The number of rotatable bonds is 5. The van der Waals surface area contributed by atoms with Crippen molar-refractivity contribution in [3.63, 3.8) is 0 Å². The van der Waals surface area contributed by atoms with Crippen molar-refractivity contribution in [3.8, 4) is 5.75 Å². The summed E-state index contributed by atoms with van der Waals surface area (Å²) >= 11 is 0. The second-order valence-electron chi connectivity index (χ2n) is 5.85. The van der Waals surface area contributed by atoms with Crippen LogP contribution < -0.4 is 4.74 Å². The van der Waals surface area contributed by atoms with Gasteiger partial charge in [-0.2, -0.15) is 0 Å². The second-order valence-corrected chi connectivity index (χ2v) is 5.85. The van der Waals surface area contributed by atoms with E-state index in [1.807, 2.05) is 0 Å². The highest BCUT2D eigenvalue weighted by molar-refractivity contribution is 5.37. The summed E-state index contributed by atoms with van der Waals surface area (Å²) < 4.78 is 5.85. The largest absolute Gasteiger partial charge is 0.493 e. The molecule has 0 aliphatic rings. The Morgan fingerprint density at radius 1 is 0.824 bits per heavy atom. The topological polar surface area (TPSA) is 9.23 Å². The van der Waals surface area contributed by atoms with E-state index in [9.17, 15) is 0 Å². The minimum Gasteiger partial charge on any atom is -0.493 e. The zero-order chi connectivity index (χ0) is 13.0. The van der Waals surface area contributed by atoms with Crippen molar-refractivity contribution in [2.45, 2.75) is 53.4 Å². The quantitative estimate of drug-likeness (QED) is 0.699. The molecule has 0 N–H and O–H groups in total. The third kappa shape index (κ3) is 4.41. The second kappa shape index (κ2) is 6.09. The first kappa shape index (κ1) is 14.1. The van der Waals surface area contributed by atoms with Gasteiger partial charge >= 0.3 is 0 Å². The number of ether oxygens (including phenoxy) is 1. The first-order valence-electron chi connectivity index (χ1n) is 6.67. The van der Waals surface area contributed by atoms with Gasteiger partial charge in [0.05, 0.1) is 6.61 Å². The summed E-state index contributed by atoms with van der Waals surface area (Å²) in [5.74, 6) is 2.69. The summed E-state index contributed by atoms with van der Waals surface area (Å²) in [7, 11) is 0. The highest BCUT2D eigenvalue weighted by Crippen LogP contribution is 2.27. The van der Waals surface area contributed by atoms with Gasteiger partial charge in [-0.05, 0) is 41.0 Å². The summed E-state index contributed by atoms with van der Waals surface area (Å²) in [6.07, 6.45) is 0. The van der Waals surface area contributed by atoms with Gasteiger partial charge in [0, 0.05) is 0 Å². The molecule has 0 unspecified atom stereocenters. The van der Waals surface area contributed by atoms with Crippen molar-refractivity contribution < 1.29 is 4.74 Å². The Labute approximate surface area is 106 Å². The van der Waals surface area contributed by atoms with Crippen molar-refractivity contribution in [2.75, 3.05) is 6.61 Å². The van der Waals surface area contributed by atoms with Crippen LogP contribution in [0.25, 0.3) is 0 Å². The molecule has 0 aliphatic heterocycles. The third-order valence-corrected chi connectivity index (χ3v) is 2.87. The van der Waals surface area contributed by atoms with Crippen molar-refractivity contribution in [2.24, 2.45) is 5.92 Å². The van der Waals surface area contributed by atoms with Crippen molar-refractivity contribution >= 4 is 0 Å². The van der Waals surface area contributed by atoms with E-state index in [-0.39, 0.29) is 0 Å². The maximum Gasteiger partial charge on any atom is 0.119 e. The standard InChI is InChI=1S/C16H26O/c1-11(2)10-17-16-8-14(12(3)4)7-15(9-16)13(5)6/h7-9,11-13H,10H2,1-6H3. The molecular weight excluding hydrogens is 208 g/mol. The Morgan fingerprint density at radius 2 is 1.29 bits per heavy atom. The Bertz CT molecular complexity index is 324. The van der Waals surface area contributed by atoms with Gasteiger partial charge in [0.1, 0.15) is 5.75 Å². The van der Waals surface area contributed by atoms with Crippen LogP contribution in [0.15, 0.2) is 18.2 Å². The highest BCUT2D eigenvalue weighted by Gasteiger charge is 2.08. The summed E-state index contributed by atoms with van der Waals surface area (Å²) in [4.78, 5) is 0. The molecule has 1 heteroatoms. The van der Waals surface area contributed by atoms with E-state index in [1.54, 1.807) is 0 Å². The molecule has 1 aromatic carbocycles. The molecule has 96 valence electrons. The Morgan fingerprint density at radius 3 is 1.65 bits per heavy atom. The predicted molar refractivity (Wildman–Crippen MR) is 75.0 cm³/mol. The molecule has 0 atom stereocenters. The smallest absolute Gasteiger partial charge is 0.119 e. The summed E-state index contributed by atoms with van der Waals surface area (Å²) in [6, 6.07) is 6.66. The first-order chi connectivity index (χ1) is 7.90. The lowest BCUT2D eigenvalue weighted by atomic mass is 9.95. The van der Waals surface area contributed by atoms with Gasteiger partial charge in [-0.3, -0.25) is 0 Å². The van der Waals surface area contributed by atoms with E-state index in [0.717, 1.165) is 12.4 Å². The predicted octanol–water partition coefficient (Wildman–Crippen LogP) is 4.97. The molecule has 0 saturated carbocycles. The fourth-order valence-corrected chi connectivity index (χ4v) is 1.66. The molecular formula is C16H26O. The molecule has 0 bridgehead atoms. The lowest BCUT2D eigenvalue weighted by molar-refractivity contribution is 0.270.